The molecule has 0 aliphatic carbocycles. The highest BCUT2D eigenvalue weighted by Crippen LogP contribution is 2.17. The number of aliphatic imine (C=N–C) groups is 1. The fraction of sp³-hybridized carbons (Fsp3) is 0.222. The quantitative estimate of drug-likeness (QED) is 0.745. The van der Waals surface area contributed by atoms with Crippen LogP contribution >= 0.6 is 11.6 Å². The van der Waals surface area contributed by atoms with Crippen molar-refractivity contribution in [1.82, 2.24) is 10.3 Å². The molecule has 1 aromatic heterocycles. The van der Waals surface area contributed by atoms with Gasteiger partial charge in [-0.3, -0.25) is 14.8 Å². The summed E-state index contributed by atoms with van der Waals surface area (Å²) in [6.45, 7) is 6.02. The van der Waals surface area contributed by atoms with E-state index in [4.69, 9.17) is 17.0 Å². The second-order valence-corrected chi connectivity index (χ2v) is 5.64. The molecule has 24 heavy (non-hydrogen) atoms. The lowest BCUT2D eigenvalue weighted by atomic mass is 10.0. The average Bonchev–Trinajstić information content (AvgIpc) is 2.58. The Morgan fingerprint density at radius 2 is 2.29 bits per heavy atom. The van der Waals surface area contributed by atoms with Crippen LogP contribution in [0, 0.1) is 5.41 Å². The lowest BCUT2D eigenvalue weighted by Crippen LogP contribution is -2.23. The number of pyridine rings is 1. The average molecular weight is 343 g/mol. The second kappa shape index (κ2) is 8.36. The van der Waals surface area contributed by atoms with Gasteiger partial charge in [0, 0.05) is 30.7 Å². The summed E-state index contributed by atoms with van der Waals surface area (Å²) in [5.74, 6) is -0.314. The predicted molar refractivity (Wildman–Crippen MR) is 97.7 cm³/mol. The van der Waals surface area contributed by atoms with Gasteiger partial charge in [0.1, 0.15) is 5.71 Å². The highest BCUT2D eigenvalue weighted by Gasteiger charge is 2.18. The van der Waals surface area contributed by atoms with Gasteiger partial charge in [-0.1, -0.05) is 31.5 Å². The third-order valence-corrected chi connectivity index (χ3v) is 3.75. The third-order valence-electron chi connectivity index (χ3n) is 3.42. The Labute approximate surface area is 146 Å². The van der Waals surface area contributed by atoms with Crippen molar-refractivity contribution in [2.75, 3.05) is 0 Å². The van der Waals surface area contributed by atoms with E-state index >= 15 is 0 Å². The van der Waals surface area contributed by atoms with Crippen molar-refractivity contribution in [2.24, 2.45) is 4.99 Å². The molecule has 2 heterocycles. The van der Waals surface area contributed by atoms with Gasteiger partial charge in [0.05, 0.1) is 16.4 Å². The zero-order chi connectivity index (χ0) is 17.5. The number of nitrogens with zero attached hydrogens (tertiary/aromatic N) is 2. The minimum atomic E-state index is -0.314. The predicted octanol–water partition coefficient (Wildman–Crippen LogP) is 3.40. The number of carbonyl (C=O) groups is 1. The Bertz CT molecular complexity index is 762. The van der Waals surface area contributed by atoms with Crippen LogP contribution in [-0.2, 0) is 17.8 Å². The molecule has 1 aromatic rings. The summed E-state index contributed by atoms with van der Waals surface area (Å²) in [4.78, 5) is 20.2. The van der Waals surface area contributed by atoms with Crippen LogP contribution < -0.4 is 5.32 Å². The standard InChI is InChI=1S/C18H19ClN4O/c1-3-5-16-14(19)8-12(10-23-16)9-21-11-13-15(20)6-7-22-18(13)17(24)4-2/h4,6-8,10-11,20-21H,2-3,5,9H2,1H3/b13-11+,20-15?. The Morgan fingerprint density at radius 3 is 2.96 bits per heavy atom. The molecule has 124 valence electrons. The molecule has 1 aliphatic rings. The van der Waals surface area contributed by atoms with Gasteiger partial charge in [-0.15, -0.1) is 0 Å². The van der Waals surface area contributed by atoms with Gasteiger partial charge >= 0.3 is 0 Å². The number of carbonyl (C=O) groups excluding carboxylic acids is 1. The normalized spacial score (nSPS) is 15.3. The maximum Gasteiger partial charge on any atom is 0.204 e. The van der Waals surface area contributed by atoms with E-state index in [2.05, 4.69) is 28.8 Å². The molecule has 0 aromatic carbocycles. The summed E-state index contributed by atoms with van der Waals surface area (Å²) in [6.07, 6.45) is 9.39. The summed E-state index contributed by atoms with van der Waals surface area (Å²) in [5, 5.41) is 11.7. The first-order chi connectivity index (χ1) is 11.6. The van der Waals surface area contributed by atoms with Crippen LogP contribution in [0.25, 0.3) is 0 Å². The van der Waals surface area contributed by atoms with Crippen LogP contribution in [0.1, 0.15) is 24.6 Å². The van der Waals surface area contributed by atoms with E-state index in [1.54, 1.807) is 12.4 Å². The summed E-state index contributed by atoms with van der Waals surface area (Å²) >= 11 is 6.22. The summed E-state index contributed by atoms with van der Waals surface area (Å²) < 4.78 is 0. The number of halogens is 1. The smallest absolute Gasteiger partial charge is 0.204 e. The minimum Gasteiger partial charge on any atom is -0.386 e. The van der Waals surface area contributed by atoms with Gasteiger partial charge in [0.15, 0.2) is 0 Å². The van der Waals surface area contributed by atoms with E-state index in [0.29, 0.717) is 17.1 Å². The maximum atomic E-state index is 11.8. The van der Waals surface area contributed by atoms with Crippen molar-refractivity contribution in [3.8, 4) is 0 Å². The maximum absolute atomic E-state index is 11.8. The number of aromatic nitrogens is 1. The van der Waals surface area contributed by atoms with Crippen molar-refractivity contribution < 1.29 is 4.79 Å². The molecule has 0 unspecified atom stereocenters. The fourth-order valence-corrected chi connectivity index (χ4v) is 2.49. The van der Waals surface area contributed by atoms with Gasteiger partial charge in [0.25, 0.3) is 0 Å². The van der Waals surface area contributed by atoms with Crippen LogP contribution in [-0.4, -0.2) is 22.2 Å². The lowest BCUT2D eigenvalue weighted by Gasteiger charge is -2.12. The Balaban J connectivity index is 2.10. The molecule has 6 heteroatoms. The van der Waals surface area contributed by atoms with E-state index in [1.807, 2.05) is 6.07 Å². The molecular weight excluding hydrogens is 324 g/mol. The molecule has 0 amide bonds. The molecule has 2 rings (SSSR count). The Morgan fingerprint density at radius 1 is 1.50 bits per heavy atom. The van der Waals surface area contributed by atoms with Crippen molar-refractivity contribution in [3.05, 3.63) is 65.2 Å². The first kappa shape index (κ1) is 17.8. The van der Waals surface area contributed by atoms with Gasteiger partial charge in [0.2, 0.25) is 5.78 Å². The molecule has 0 bridgehead atoms. The van der Waals surface area contributed by atoms with Crippen LogP contribution in [0.3, 0.4) is 0 Å². The SMILES string of the molecule is C=CC(=O)C1=NC=CC(=N)/C1=C\NCc1cnc(CCC)c(Cl)c1. The van der Waals surface area contributed by atoms with Crippen molar-refractivity contribution in [2.45, 2.75) is 26.3 Å². The molecule has 5 nitrogen and oxygen atoms in total. The summed E-state index contributed by atoms with van der Waals surface area (Å²) in [5.41, 5.74) is 2.68. The Hall–Kier alpha value is -2.53. The first-order valence-electron chi connectivity index (χ1n) is 7.64. The zero-order valence-electron chi connectivity index (χ0n) is 13.5. The van der Waals surface area contributed by atoms with Gasteiger partial charge in [-0.05, 0) is 30.2 Å². The van der Waals surface area contributed by atoms with Crippen LogP contribution in [0.5, 0.6) is 0 Å². The highest BCUT2D eigenvalue weighted by molar-refractivity contribution is 6.56. The third kappa shape index (κ3) is 4.26. The molecule has 1 aliphatic heterocycles. The molecule has 0 saturated carbocycles. The molecule has 0 radical (unpaired) electrons. The van der Waals surface area contributed by atoms with Gasteiger partial charge in [-0.2, -0.15) is 0 Å². The number of nitrogens with one attached hydrogen (secondary N) is 2. The van der Waals surface area contributed by atoms with E-state index in [0.717, 1.165) is 24.1 Å². The highest BCUT2D eigenvalue weighted by atomic mass is 35.5. The number of allylic oxidation sites excluding steroid dienone is 3. The van der Waals surface area contributed by atoms with Crippen molar-refractivity contribution >= 4 is 28.8 Å². The number of hydrogen-bond acceptors (Lipinski definition) is 5. The lowest BCUT2D eigenvalue weighted by molar-refractivity contribution is -0.108. The minimum absolute atomic E-state index is 0.208. The Kier molecular flexibility index (Phi) is 6.21. The molecule has 2 N–H and O–H groups in total. The number of rotatable bonds is 7. The summed E-state index contributed by atoms with van der Waals surface area (Å²) in [6, 6.07) is 1.88. The number of hydrogen-bond donors (Lipinski definition) is 2. The van der Waals surface area contributed by atoms with E-state index < -0.39 is 0 Å². The van der Waals surface area contributed by atoms with Crippen LogP contribution in [0.4, 0.5) is 0 Å². The van der Waals surface area contributed by atoms with Crippen molar-refractivity contribution in [3.63, 3.8) is 0 Å². The molecule has 0 atom stereocenters. The van der Waals surface area contributed by atoms with Crippen LogP contribution in [0.15, 0.2) is 54.0 Å². The molecule has 0 fully saturated rings. The van der Waals surface area contributed by atoms with E-state index in [1.165, 1.54) is 18.4 Å². The van der Waals surface area contributed by atoms with Crippen molar-refractivity contribution in [1.29, 1.82) is 5.41 Å². The first-order valence-corrected chi connectivity index (χ1v) is 8.01. The monoisotopic (exact) mass is 342 g/mol. The topological polar surface area (TPSA) is 78.2 Å². The summed E-state index contributed by atoms with van der Waals surface area (Å²) in [7, 11) is 0. The molecular formula is C18H19ClN4O. The number of aryl methyl sites for hydroxylation is 1. The van der Waals surface area contributed by atoms with Gasteiger partial charge in [-0.25, -0.2) is 0 Å². The van der Waals surface area contributed by atoms with E-state index in [9.17, 15) is 4.79 Å². The van der Waals surface area contributed by atoms with Crippen LogP contribution in [0.2, 0.25) is 5.02 Å². The van der Waals surface area contributed by atoms with Gasteiger partial charge < -0.3 is 10.7 Å². The molecule has 0 saturated heterocycles. The molecule has 0 spiro atoms. The second-order valence-electron chi connectivity index (χ2n) is 5.24. The van der Waals surface area contributed by atoms with E-state index in [-0.39, 0.29) is 17.2 Å². The zero-order valence-corrected chi connectivity index (χ0v) is 14.2. The fourth-order valence-electron chi connectivity index (χ4n) is 2.21. The number of ketones is 1. The largest absolute Gasteiger partial charge is 0.386 e.